The number of hydrogen-bond acceptors (Lipinski definition) is 0. The summed E-state index contributed by atoms with van der Waals surface area (Å²) in [6.45, 7) is 0. The first-order chi connectivity index (χ1) is 4.37. The molecule has 2 aliphatic carbocycles. The summed E-state index contributed by atoms with van der Waals surface area (Å²) in [4.78, 5) is 2.48. The van der Waals surface area contributed by atoms with Gasteiger partial charge in [-0.05, 0) is 0 Å². The predicted molar refractivity (Wildman–Crippen MR) is 35.2 cm³/mol. The molecule has 0 radical (unpaired) electrons. The van der Waals surface area contributed by atoms with Gasteiger partial charge in [0.25, 0.3) is 0 Å². The first kappa shape index (κ1) is 6.44. The quantitative estimate of drug-likeness (QED) is 0.407. The average molecular weight is 237 g/mol. The summed E-state index contributed by atoms with van der Waals surface area (Å²) < 4.78 is 0.985. The van der Waals surface area contributed by atoms with Crippen molar-refractivity contribution in [2.24, 2.45) is 5.92 Å². The van der Waals surface area contributed by atoms with Crippen LogP contribution in [-0.2, 0) is 0 Å². The molecule has 0 aromatic heterocycles. The van der Waals surface area contributed by atoms with Gasteiger partial charge in [-0.3, -0.25) is 0 Å². The van der Waals surface area contributed by atoms with Gasteiger partial charge >= 0.3 is 67.6 Å². The van der Waals surface area contributed by atoms with E-state index < -0.39 is 0 Å². The normalized spacial score (nSPS) is 48.8. The van der Waals surface area contributed by atoms with E-state index in [-0.39, 0.29) is 0 Å². The van der Waals surface area contributed by atoms with Gasteiger partial charge < -0.3 is 0 Å². The molecule has 0 aliphatic heterocycles. The Bertz CT molecular complexity index is 118. The van der Waals surface area contributed by atoms with E-state index in [9.17, 15) is 0 Å². The SMILES string of the molecule is C[I-]C12CCCC1CC2. The number of alkyl halides is 2. The van der Waals surface area contributed by atoms with Crippen LogP contribution in [0, 0.1) is 5.92 Å². The van der Waals surface area contributed by atoms with E-state index in [1.807, 2.05) is 0 Å². The molecule has 1 heteroatoms. The summed E-state index contributed by atoms with van der Waals surface area (Å²) in [5.41, 5.74) is 0. The van der Waals surface area contributed by atoms with E-state index in [0.717, 1.165) is 3.42 Å². The predicted octanol–water partition coefficient (Wildman–Crippen LogP) is -0.962. The number of fused-ring (bicyclic) bond motifs is 1. The monoisotopic (exact) mass is 237 g/mol. The van der Waals surface area contributed by atoms with Crippen LogP contribution in [0.4, 0.5) is 0 Å². The molecule has 2 aliphatic rings. The number of halogens is 1. The van der Waals surface area contributed by atoms with E-state index >= 15 is 0 Å². The summed E-state index contributed by atoms with van der Waals surface area (Å²) in [6.07, 6.45) is 7.90. The third-order valence-corrected chi connectivity index (χ3v) is 7.27. The Hall–Kier alpha value is 0.730. The summed E-state index contributed by atoms with van der Waals surface area (Å²) in [7, 11) is 0. The Labute approximate surface area is 67.7 Å². The molecule has 54 valence electrons. The summed E-state index contributed by atoms with van der Waals surface area (Å²) in [6, 6.07) is 0. The molecule has 0 bridgehead atoms. The fourth-order valence-electron chi connectivity index (χ4n) is 2.38. The molecule has 2 fully saturated rings. The maximum absolute atomic E-state index is 2.48. The fraction of sp³-hybridized carbons (Fsp3) is 1.00. The molecular weight excluding hydrogens is 223 g/mol. The summed E-state index contributed by atoms with van der Waals surface area (Å²) in [5, 5.41) is 0. The second kappa shape index (κ2) is 2.11. The van der Waals surface area contributed by atoms with Gasteiger partial charge in [-0.25, -0.2) is 0 Å². The van der Waals surface area contributed by atoms with Crippen LogP contribution in [0.1, 0.15) is 32.1 Å². The molecule has 2 atom stereocenters. The van der Waals surface area contributed by atoms with Crippen LogP contribution >= 0.6 is 0 Å². The molecule has 0 saturated heterocycles. The van der Waals surface area contributed by atoms with Crippen molar-refractivity contribution in [1.29, 1.82) is 0 Å². The molecule has 0 spiro atoms. The van der Waals surface area contributed by atoms with Crippen molar-refractivity contribution in [1.82, 2.24) is 0 Å². The second-order valence-electron chi connectivity index (χ2n) is 3.35. The molecule has 0 aromatic carbocycles. The van der Waals surface area contributed by atoms with Gasteiger partial charge in [0.1, 0.15) is 0 Å². The molecule has 9 heavy (non-hydrogen) atoms. The molecule has 0 nitrogen and oxygen atoms in total. The zero-order chi connectivity index (χ0) is 6.32. The topological polar surface area (TPSA) is 0 Å². The van der Waals surface area contributed by atoms with Crippen LogP contribution in [0.5, 0.6) is 0 Å². The molecular formula is C8H14I-. The Morgan fingerprint density at radius 2 is 2.22 bits per heavy atom. The van der Waals surface area contributed by atoms with Crippen LogP contribution in [0.15, 0.2) is 0 Å². The first-order valence-electron chi connectivity index (χ1n) is 3.88. The maximum atomic E-state index is 2.48. The Morgan fingerprint density at radius 1 is 1.33 bits per heavy atom. The zero-order valence-corrected chi connectivity index (χ0v) is 8.15. The molecule has 2 unspecified atom stereocenters. The van der Waals surface area contributed by atoms with Gasteiger partial charge in [-0.2, -0.15) is 0 Å². The van der Waals surface area contributed by atoms with E-state index in [2.05, 4.69) is 4.93 Å². The third-order valence-electron chi connectivity index (χ3n) is 3.16. The van der Waals surface area contributed by atoms with Crippen LogP contribution in [0.25, 0.3) is 0 Å². The van der Waals surface area contributed by atoms with Crippen LogP contribution in [0.3, 0.4) is 0 Å². The van der Waals surface area contributed by atoms with Crippen molar-refractivity contribution in [2.75, 3.05) is 4.93 Å². The molecule has 2 rings (SSSR count). The third kappa shape index (κ3) is 0.765. The van der Waals surface area contributed by atoms with Crippen LogP contribution in [0.2, 0.25) is 0 Å². The zero-order valence-electron chi connectivity index (χ0n) is 5.99. The van der Waals surface area contributed by atoms with Gasteiger partial charge in [0.2, 0.25) is 0 Å². The number of rotatable bonds is 1. The molecule has 0 aromatic rings. The van der Waals surface area contributed by atoms with Crippen molar-refractivity contribution in [3.8, 4) is 0 Å². The van der Waals surface area contributed by atoms with Crippen molar-refractivity contribution >= 4 is 0 Å². The summed E-state index contributed by atoms with van der Waals surface area (Å²) >= 11 is 0.567. The molecule has 0 heterocycles. The van der Waals surface area contributed by atoms with Gasteiger partial charge in [0.05, 0.1) is 0 Å². The summed E-state index contributed by atoms with van der Waals surface area (Å²) in [5.74, 6) is 1.20. The minimum absolute atomic E-state index is 0.567. The average Bonchev–Trinajstić information content (AvgIpc) is 2.10. The van der Waals surface area contributed by atoms with Crippen LogP contribution in [-0.4, -0.2) is 8.35 Å². The van der Waals surface area contributed by atoms with Crippen molar-refractivity contribution in [3.05, 3.63) is 0 Å². The van der Waals surface area contributed by atoms with Gasteiger partial charge in [0.15, 0.2) is 0 Å². The van der Waals surface area contributed by atoms with Gasteiger partial charge in [-0.15, -0.1) is 0 Å². The second-order valence-corrected chi connectivity index (χ2v) is 6.58. The van der Waals surface area contributed by atoms with E-state index in [1.165, 1.54) is 5.92 Å². The van der Waals surface area contributed by atoms with Gasteiger partial charge in [0, 0.05) is 0 Å². The van der Waals surface area contributed by atoms with Crippen molar-refractivity contribution in [2.45, 2.75) is 35.5 Å². The molecule has 2 saturated carbocycles. The standard InChI is InChI=1S/C8H14I/c1-9-8-5-2-3-7(8)4-6-8/h7H,2-6H2,1H3/q-1. The Balaban J connectivity index is 2.10. The van der Waals surface area contributed by atoms with Gasteiger partial charge in [-0.1, -0.05) is 0 Å². The van der Waals surface area contributed by atoms with E-state index in [4.69, 9.17) is 0 Å². The van der Waals surface area contributed by atoms with E-state index in [1.54, 1.807) is 32.1 Å². The van der Waals surface area contributed by atoms with Crippen molar-refractivity contribution < 1.29 is 21.2 Å². The minimum atomic E-state index is 0.567. The molecule has 0 amide bonds. The Kier molecular flexibility index (Phi) is 1.51. The van der Waals surface area contributed by atoms with Crippen molar-refractivity contribution in [3.63, 3.8) is 0 Å². The van der Waals surface area contributed by atoms with Crippen LogP contribution < -0.4 is 21.2 Å². The number of hydrogen-bond donors (Lipinski definition) is 0. The van der Waals surface area contributed by atoms with E-state index in [0.29, 0.717) is 21.2 Å². The molecule has 0 N–H and O–H groups in total. The first-order valence-corrected chi connectivity index (χ1v) is 7.12. The Morgan fingerprint density at radius 3 is 2.56 bits per heavy atom. The fourth-order valence-corrected chi connectivity index (χ4v) is 5.65.